The van der Waals surface area contributed by atoms with E-state index in [4.69, 9.17) is 4.42 Å². The highest BCUT2D eigenvalue weighted by Gasteiger charge is 2.17. The van der Waals surface area contributed by atoms with Crippen LogP contribution in [0.4, 0.5) is 5.69 Å². The molecule has 1 aliphatic rings. The van der Waals surface area contributed by atoms with E-state index in [0.717, 1.165) is 29.4 Å². The number of nitrogens with one attached hydrogen (secondary N) is 1. The minimum atomic E-state index is -0.132. The van der Waals surface area contributed by atoms with Gasteiger partial charge >= 0.3 is 0 Å². The van der Waals surface area contributed by atoms with Gasteiger partial charge in [-0.05, 0) is 60.7 Å². The third kappa shape index (κ3) is 3.45. The Balaban J connectivity index is 1.51. The number of anilines is 1. The Labute approximate surface area is 158 Å². The molecule has 5 nitrogen and oxygen atoms in total. The van der Waals surface area contributed by atoms with Crippen LogP contribution in [0.3, 0.4) is 0 Å². The van der Waals surface area contributed by atoms with E-state index in [-0.39, 0.29) is 18.2 Å². The molecule has 1 aromatic heterocycles. The molecule has 0 saturated carbocycles. The molecule has 3 aromatic rings. The normalized spacial score (nSPS) is 12.8. The van der Waals surface area contributed by atoms with E-state index >= 15 is 0 Å². The molecular weight excluding hydrogens is 340 g/mol. The molecule has 0 bridgehead atoms. The lowest BCUT2D eigenvalue weighted by Crippen LogP contribution is -2.22. The van der Waals surface area contributed by atoms with E-state index in [1.807, 2.05) is 0 Å². The van der Waals surface area contributed by atoms with Crippen LogP contribution in [0.1, 0.15) is 33.5 Å². The van der Waals surface area contributed by atoms with Crippen molar-refractivity contribution in [3.63, 3.8) is 0 Å². The van der Waals surface area contributed by atoms with Crippen molar-refractivity contribution >= 4 is 28.5 Å². The van der Waals surface area contributed by atoms with Gasteiger partial charge in [0.1, 0.15) is 5.58 Å². The summed E-state index contributed by atoms with van der Waals surface area (Å²) in [6, 6.07) is 11.3. The Bertz CT molecular complexity index is 1030. The minimum absolute atomic E-state index is 0.0965. The van der Waals surface area contributed by atoms with Gasteiger partial charge in [-0.1, -0.05) is 6.07 Å². The molecule has 1 N–H and O–H groups in total. The Kier molecular flexibility index (Phi) is 4.44. The first kappa shape index (κ1) is 17.3. The van der Waals surface area contributed by atoms with Crippen LogP contribution in [0.25, 0.3) is 11.0 Å². The zero-order chi connectivity index (χ0) is 19.0. The van der Waals surface area contributed by atoms with Crippen LogP contribution in [-0.2, 0) is 24.1 Å². The lowest BCUT2D eigenvalue weighted by molar-refractivity contribution is -0.115. The third-order valence-electron chi connectivity index (χ3n) is 5.02. The Morgan fingerprint density at radius 2 is 1.89 bits per heavy atom. The Morgan fingerprint density at radius 3 is 2.67 bits per heavy atom. The van der Waals surface area contributed by atoms with E-state index in [1.165, 1.54) is 22.4 Å². The highest BCUT2D eigenvalue weighted by atomic mass is 16.3. The molecular formula is C22H22N2O3. The van der Waals surface area contributed by atoms with Gasteiger partial charge in [-0.2, -0.15) is 0 Å². The maximum absolute atomic E-state index is 12.5. The molecule has 0 atom stereocenters. The first-order chi connectivity index (χ1) is 13.0. The molecule has 0 radical (unpaired) electrons. The highest BCUT2D eigenvalue weighted by molar-refractivity contribution is 5.98. The lowest BCUT2D eigenvalue weighted by Gasteiger charge is -2.11. The number of hydrogen-bond donors (Lipinski definition) is 1. The number of rotatable bonds is 4. The lowest BCUT2D eigenvalue weighted by atomic mass is 10.0. The van der Waals surface area contributed by atoms with Crippen molar-refractivity contribution in [3.05, 3.63) is 64.9 Å². The second kappa shape index (κ2) is 6.91. The van der Waals surface area contributed by atoms with Crippen molar-refractivity contribution in [3.8, 4) is 0 Å². The van der Waals surface area contributed by atoms with Crippen molar-refractivity contribution in [2.75, 3.05) is 19.4 Å². The molecule has 138 valence electrons. The van der Waals surface area contributed by atoms with Gasteiger partial charge in [0.15, 0.2) is 0 Å². The SMILES string of the molecule is CN(C)C(=O)c1cccc(NC(=O)Cc2coc3cc4c(cc23)CCC4)c1. The molecule has 4 rings (SSSR count). The molecule has 5 heteroatoms. The first-order valence-corrected chi connectivity index (χ1v) is 9.15. The molecule has 1 aliphatic carbocycles. The highest BCUT2D eigenvalue weighted by Crippen LogP contribution is 2.30. The van der Waals surface area contributed by atoms with Gasteiger partial charge in [0.25, 0.3) is 5.91 Å². The third-order valence-corrected chi connectivity index (χ3v) is 5.02. The number of fused-ring (bicyclic) bond motifs is 2. The standard InChI is InChI=1S/C22H22N2O3/c1-24(2)22(26)16-7-4-8-18(9-16)23-21(25)12-17-13-27-20-11-15-6-3-5-14(15)10-19(17)20/h4,7-11,13H,3,5-6,12H2,1-2H3,(H,23,25). The Morgan fingerprint density at radius 1 is 1.11 bits per heavy atom. The zero-order valence-corrected chi connectivity index (χ0v) is 15.5. The molecule has 1 heterocycles. The van der Waals surface area contributed by atoms with Gasteiger partial charge in [-0.3, -0.25) is 9.59 Å². The van der Waals surface area contributed by atoms with Crippen LogP contribution in [0.15, 0.2) is 47.1 Å². The molecule has 0 unspecified atom stereocenters. The number of carbonyl (C=O) groups excluding carboxylic acids is 2. The average molecular weight is 362 g/mol. The van der Waals surface area contributed by atoms with Crippen LogP contribution in [0.2, 0.25) is 0 Å². The van der Waals surface area contributed by atoms with Gasteiger partial charge in [-0.15, -0.1) is 0 Å². The van der Waals surface area contributed by atoms with Gasteiger partial charge in [0.05, 0.1) is 12.7 Å². The number of hydrogen-bond acceptors (Lipinski definition) is 3. The van der Waals surface area contributed by atoms with Gasteiger partial charge < -0.3 is 14.6 Å². The van der Waals surface area contributed by atoms with Crippen molar-refractivity contribution in [1.82, 2.24) is 4.90 Å². The van der Waals surface area contributed by atoms with E-state index in [1.54, 1.807) is 44.6 Å². The summed E-state index contributed by atoms with van der Waals surface area (Å²) in [5, 5.41) is 3.90. The maximum atomic E-state index is 12.5. The number of furan rings is 1. The molecule has 2 aromatic carbocycles. The van der Waals surface area contributed by atoms with Crippen molar-refractivity contribution < 1.29 is 14.0 Å². The fraction of sp³-hybridized carbons (Fsp3) is 0.273. The van der Waals surface area contributed by atoms with Crippen molar-refractivity contribution in [1.29, 1.82) is 0 Å². The largest absolute Gasteiger partial charge is 0.464 e. The fourth-order valence-electron chi connectivity index (χ4n) is 3.65. The van der Waals surface area contributed by atoms with Crippen LogP contribution in [0, 0.1) is 0 Å². The summed E-state index contributed by atoms with van der Waals surface area (Å²) in [6.45, 7) is 0. The zero-order valence-electron chi connectivity index (χ0n) is 15.5. The van der Waals surface area contributed by atoms with E-state index in [0.29, 0.717) is 11.3 Å². The van der Waals surface area contributed by atoms with Crippen LogP contribution in [-0.4, -0.2) is 30.8 Å². The number of carbonyl (C=O) groups is 2. The topological polar surface area (TPSA) is 62.6 Å². The van der Waals surface area contributed by atoms with Crippen molar-refractivity contribution in [2.24, 2.45) is 0 Å². The average Bonchev–Trinajstić information content (AvgIpc) is 3.26. The number of aryl methyl sites for hydroxylation is 2. The van der Waals surface area contributed by atoms with Crippen molar-refractivity contribution in [2.45, 2.75) is 25.7 Å². The summed E-state index contributed by atoms with van der Waals surface area (Å²) in [4.78, 5) is 26.1. The van der Waals surface area contributed by atoms with Crippen LogP contribution < -0.4 is 5.32 Å². The molecule has 0 aliphatic heterocycles. The molecule has 0 spiro atoms. The molecule has 0 fully saturated rings. The van der Waals surface area contributed by atoms with Gasteiger partial charge in [-0.25, -0.2) is 0 Å². The van der Waals surface area contributed by atoms with Gasteiger partial charge in [0, 0.05) is 36.3 Å². The first-order valence-electron chi connectivity index (χ1n) is 9.15. The second-order valence-corrected chi connectivity index (χ2v) is 7.24. The summed E-state index contributed by atoms with van der Waals surface area (Å²) in [7, 11) is 3.41. The van der Waals surface area contributed by atoms with E-state index in [2.05, 4.69) is 17.4 Å². The van der Waals surface area contributed by atoms with E-state index in [9.17, 15) is 9.59 Å². The number of nitrogens with zero attached hydrogens (tertiary/aromatic N) is 1. The number of benzene rings is 2. The molecule has 2 amide bonds. The summed E-state index contributed by atoms with van der Waals surface area (Å²) >= 11 is 0. The summed E-state index contributed by atoms with van der Waals surface area (Å²) < 4.78 is 5.67. The second-order valence-electron chi connectivity index (χ2n) is 7.24. The Hall–Kier alpha value is -3.08. The molecule has 0 saturated heterocycles. The monoisotopic (exact) mass is 362 g/mol. The smallest absolute Gasteiger partial charge is 0.253 e. The van der Waals surface area contributed by atoms with E-state index < -0.39 is 0 Å². The fourth-order valence-corrected chi connectivity index (χ4v) is 3.65. The summed E-state index contributed by atoms with van der Waals surface area (Å²) in [5.41, 5.74) is 5.61. The summed E-state index contributed by atoms with van der Waals surface area (Å²) in [5.74, 6) is -0.228. The molecule has 27 heavy (non-hydrogen) atoms. The van der Waals surface area contributed by atoms with Crippen LogP contribution in [0.5, 0.6) is 0 Å². The minimum Gasteiger partial charge on any atom is -0.464 e. The van der Waals surface area contributed by atoms with Gasteiger partial charge in [0.2, 0.25) is 5.91 Å². The predicted molar refractivity (Wildman–Crippen MR) is 105 cm³/mol. The number of amides is 2. The maximum Gasteiger partial charge on any atom is 0.253 e. The summed E-state index contributed by atoms with van der Waals surface area (Å²) in [6.07, 6.45) is 5.28. The quantitative estimate of drug-likeness (QED) is 0.768. The predicted octanol–water partition coefficient (Wildman–Crippen LogP) is 3.80. The van der Waals surface area contributed by atoms with Crippen LogP contribution >= 0.6 is 0 Å².